The first-order valence-corrected chi connectivity index (χ1v) is 12.2. The average molecular weight is 467 g/mol. The van der Waals surface area contributed by atoms with Crippen molar-refractivity contribution < 1.29 is 24.6 Å². The van der Waals surface area contributed by atoms with E-state index in [1.807, 2.05) is 60.7 Å². The summed E-state index contributed by atoms with van der Waals surface area (Å²) >= 11 is 0. The van der Waals surface area contributed by atoms with Crippen LogP contribution in [0.25, 0.3) is 0 Å². The molecule has 0 aliphatic heterocycles. The molecule has 0 spiro atoms. The number of carbonyl (C=O) groups excluding carboxylic acids is 1. The lowest BCUT2D eigenvalue weighted by atomic mass is 9.74. The Morgan fingerprint density at radius 1 is 0.588 bits per heavy atom. The van der Waals surface area contributed by atoms with Crippen molar-refractivity contribution in [3.63, 3.8) is 0 Å². The number of rotatable bonds is 16. The molecule has 2 aromatic rings. The number of Topliss-reactive ketones (excluding diaryl/α,β-unsaturated/α-hetero) is 1. The highest BCUT2D eigenvalue weighted by Gasteiger charge is 2.28. The third-order valence-electron chi connectivity index (χ3n) is 7.09. The molecule has 0 heterocycles. The van der Waals surface area contributed by atoms with E-state index in [9.17, 15) is 14.4 Å². The molecule has 0 fully saturated rings. The van der Waals surface area contributed by atoms with Gasteiger partial charge in [-0.25, -0.2) is 0 Å². The summed E-state index contributed by atoms with van der Waals surface area (Å²) in [6.45, 7) is 4.17. The van der Waals surface area contributed by atoms with Crippen molar-refractivity contribution in [2.75, 3.05) is 0 Å². The number of carboxylic acid groups (broad SMARTS) is 2. The number of ketones is 1. The first-order valence-electron chi connectivity index (χ1n) is 12.2. The van der Waals surface area contributed by atoms with Crippen LogP contribution in [0.15, 0.2) is 60.7 Å². The van der Waals surface area contributed by atoms with Gasteiger partial charge in [-0.3, -0.25) is 14.4 Å². The Balaban J connectivity index is 1.89. The van der Waals surface area contributed by atoms with Gasteiger partial charge in [-0.2, -0.15) is 0 Å². The lowest BCUT2D eigenvalue weighted by Gasteiger charge is -2.30. The summed E-state index contributed by atoms with van der Waals surface area (Å²) in [5, 5.41) is 18.3. The first kappa shape index (κ1) is 27.3. The lowest BCUT2D eigenvalue weighted by Crippen LogP contribution is -2.24. The Hall–Kier alpha value is -2.95. The molecule has 2 rings (SSSR count). The summed E-state index contributed by atoms with van der Waals surface area (Å²) < 4.78 is 0. The van der Waals surface area contributed by atoms with Crippen LogP contribution in [0.1, 0.15) is 89.2 Å². The van der Waals surface area contributed by atoms with E-state index in [-0.39, 0.29) is 29.5 Å². The Morgan fingerprint density at radius 2 is 0.941 bits per heavy atom. The topological polar surface area (TPSA) is 91.7 Å². The molecule has 2 atom stereocenters. The second-order valence-corrected chi connectivity index (χ2v) is 9.89. The predicted octanol–water partition coefficient (Wildman–Crippen LogP) is 6.54. The van der Waals surface area contributed by atoms with Gasteiger partial charge in [-0.05, 0) is 60.5 Å². The fourth-order valence-electron chi connectivity index (χ4n) is 4.75. The quantitative estimate of drug-likeness (QED) is 0.293. The largest absolute Gasteiger partial charge is 0.481 e. The number of benzene rings is 2. The molecule has 0 aliphatic carbocycles. The fourth-order valence-corrected chi connectivity index (χ4v) is 4.75. The van der Waals surface area contributed by atoms with E-state index in [2.05, 4.69) is 13.8 Å². The summed E-state index contributed by atoms with van der Waals surface area (Å²) in [4.78, 5) is 34.9. The molecule has 2 aromatic carbocycles. The first-order chi connectivity index (χ1) is 16.1. The van der Waals surface area contributed by atoms with Crippen LogP contribution in [-0.2, 0) is 25.2 Å². The summed E-state index contributed by atoms with van der Waals surface area (Å²) in [6.07, 6.45) is 5.21. The minimum absolute atomic E-state index is 0.105. The second-order valence-electron chi connectivity index (χ2n) is 9.89. The van der Waals surface area contributed by atoms with Crippen LogP contribution in [0.5, 0.6) is 0 Å². The van der Waals surface area contributed by atoms with E-state index < -0.39 is 11.9 Å². The average Bonchev–Trinajstić information content (AvgIpc) is 2.82. The van der Waals surface area contributed by atoms with Gasteiger partial charge < -0.3 is 10.2 Å². The van der Waals surface area contributed by atoms with Gasteiger partial charge in [0.05, 0.1) is 0 Å². The monoisotopic (exact) mass is 466 g/mol. The molecule has 5 nitrogen and oxygen atoms in total. The van der Waals surface area contributed by atoms with Crippen LogP contribution in [-0.4, -0.2) is 27.9 Å². The van der Waals surface area contributed by atoms with Gasteiger partial charge in [0.1, 0.15) is 5.78 Å². The van der Waals surface area contributed by atoms with Gasteiger partial charge in [-0.1, -0.05) is 74.5 Å². The molecule has 0 saturated heterocycles. The van der Waals surface area contributed by atoms with Crippen molar-refractivity contribution in [2.45, 2.75) is 88.9 Å². The van der Waals surface area contributed by atoms with Crippen molar-refractivity contribution in [3.05, 3.63) is 71.8 Å². The number of aliphatic carboxylic acids is 2. The van der Waals surface area contributed by atoms with Gasteiger partial charge >= 0.3 is 11.9 Å². The van der Waals surface area contributed by atoms with E-state index in [0.717, 1.165) is 36.8 Å². The zero-order valence-electron chi connectivity index (χ0n) is 20.5. The molecule has 0 aromatic heterocycles. The number of carboxylic acids is 2. The van der Waals surface area contributed by atoms with Crippen LogP contribution in [0, 0.1) is 0 Å². The second kappa shape index (κ2) is 13.1. The van der Waals surface area contributed by atoms with Crippen molar-refractivity contribution in [3.8, 4) is 0 Å². The number of carbonyl (C=O) groups is 3. The summed E-state index contributed by atoms with van der Waals surface area (Å²) in [5.41, 5.74) is 1.67. The van der Waals surface area contributed by atoms with Crippen LogP contribution in [0.2, 0.25) is 0 Å². The standard InChI is InChI=1S/C29H38O5/c1-28(21-17-26(31)32,23-11-5-3-6-12-23)19-9-15-25(30)16-10-20-29(2,22-18-27(33)34)24-13-7-4-8-14-24/h3-8,11-14H,9-10,15-22H2,1-2H3,(H,31,32)(H,33,34). The third kappa shape index (κ3) is 8.77. The number of hydrogen-bond donors (Lipinski definition) is 2. The predicted molar refractivity (Wildman–Crippen MR) is 134 cm³/mol. The van der Waals surface area contributed by atoms with Crippen LogP contribution in [0.4, 0.5) is 0 Å². The molecular formula is C29H38O5. The molecule has 0 amide bonds. The Bertz CT molecular complexity index is 849. The molecule has 0 saturated carbocycles. The molecule has 184 valence electrons. The molecule has 0 bridgehead atoms. The Morgan fingerprint density at radius 3 is 1.26 bits per heavy atom. The Labute approximate surface area is 203 Å². The van der Waals surface area contributed by atoms with Gasteiger partial charge in [0, 0.05) is 25.7 Å². The van der Waals surface area contributed by atoms with Crippen molar-refractivity contribution in [1.82, 2.24) is 0 Å². The highest BCUT2D eigenvalue weighted by Crippen LogP contribution is 2.36. The van der Waals surface area contributed by atoms with Crippen molar-refractivity contribution in [2.24, 2.45) is 0 Å². The zero-order valence-corrected chi connectivity index (χ0v) is 20.5. The lowest BCUT2D eigenvalue weighted by molar-refractivity contribution is -0.138. The molecular weight excluding hydrogens is 428 g/mol. The highest BCUT2D eigenvalue weighted by molar-refractivity contribution is 5.78. The van der Waals surface area contributed by atoms with E-state index in [0.29, 0.717) is 25.7 Å². The van der Waals surface area contributed by atoms with Crippen molar-refractivity contribution >= 4 is 17.7 Å². The maximum atomic E-state index is 12.6. The molecule has 0 aliphatic rings. The molecule has 0 radical (unpaired) electrons. The van der Waals surface area contributed by atoms with Crippen LogP contribution in [0.3, 0.4) is 0 Å². The smallest absolute Gasteiger partial charge is 0.303 e. The third-order valence-corrected chi connectivity index (χ3v) is 7.09. The van der Waals surface area contributed by atoms with Gasteiger partial charge in [0.15, 0.2) is 0 Å². The van der Waals surface area contributed by atoms with E-state index in [1.54, 1.807) is 0 Å². The normalized spacial score (nSPS) is 14.6. The maximum absolute atomic E-state index is 12.6. The van der Waals surface area contributed by atoms with E-state index in [1.165, 1.54) is 0 Å². The van der Waals surface area contributed by atoms with Crippen LogP contribution < -0.4 is 0 Å². The highest BCUT2D eigenvalue weighted by atomic mass is 16.4. The fraction of sp³-hybridized carbons (Fsp3) is 0.483. The molecule has 2 N–H and O–H groups in total. The Kier molecular flexibility index (Phi) is 10.5. The van der Waals surface area contributed by atoms with Gasteiger partial charge in [0.25, 0.3) is 0 Å². The zero-order chi connectivity index (χ0) is 25.0. The molecule has 2 unspecified atom stereocenters. The number of hydrogen-bond acceptors (Lipinski definition) is 3. The van der Waals surface area contributed by atoms with Gasteiger partial charge in [0.2, 0.25) is 0 Å². The van der Waals surface area contributed by atoms with E-state index >= 15 is 0 Å². The van der Waals surface area contributed by atoms with Gasteiger partial charge in [-0.15, -0.1) is 0 Å². The van der Waals surface area contributed by atoms with Crippen LogP contribution >= 0.6 is 0 Å². The SMILES string of the molecule is CC(CCCC(=O)CCCC(C)(CCC(=O)O)c1ccccc1)(CCC(=O)O)c1ccccc1. The molecule has 34 heavy (non-hydrogen) atoms. The minimum atomic E-state index is -0.803. The summed E-state index contributed by atoms with van der Waals surface area (Å²) in [6, 6.07) is 19.9. The van der Waals surface area contributed by atoms with Crippen molar-refractivity contribution in [1.29, 1.82) is 0 Å². The van der Waals surface area contributed by atoms with E-state index in [4.69, 9.17) is 10.2 Å². The summed E-state index contributed by atoms with van der Waals surface area (Å²) in [5.74, 6) is -1.40. The summed E-state index contributed by atoms with van der Waals surface area (Å²) in [7, 11) is 0. The maximum Gasteiger partial charge on any atom is 0.303 e. The minimum Gasteiger partial charge on any atom is -0.481 e. The molecule has 5 heteroatoms.